The topological polar surface area (TPSA) is 107 Å². The highest BCUT2D eigenvalue weighted by Crippen LogP contribution is 2.30. The highest BCUT2D eigenvalue weighted by atomic mass is 79.9. The van der Waals surface area contributed by atoms with Crippen LogP contribution >= 0.6 is 15.9 Å². The highest BCUT2D eigenvalue weighted by Gasteiger charge is 2.16. The Labute approximate surface area is 110 Å². The fourth-order valence-corrected chi connectivity index (χ4v) is 1.80. The van der Waals surface area contributed by atoms with Crippen LogP contribution < -0.4 is 5.32 Å². The van der Waals surface area contributed by atoms with Crippen LogP contribution in [-0.2, 0) is 6.42 Å². The molecule has 0 aliphatic rings. The van der Waals surface area contributed by atoms with E-state index in [-0.39, 0.29) is 5.69 Å². The van der Waals surface area contributed by atoms with Crippen LogP contribution in [0.2, 0.25) is 0 Å². The summed E-state index contributed by atoms with van der Waals surface area (Å²) in [6.45, 7) is 0.436. The van der Waals surface area contributed by atoms with E-state index in [9.17, 15) is 10.1 Å². The predicted octanol–water partition coefficient (Wildman–Crippen LogP) is 1.79. The molecule has 1 N–H and O–H groups in total. The van der Waals surface area contributed by atoms with Crippen LogP contribution in [-0.4, -0.2) is 26.6 Å². The summed E-state index contributed by atoms with van der Waals surface area (Å²) in [5.41, 5.74) is 0.296. The van der Waals surface area contributed by atoms with Gasteiger partial charge in [0.25, 0.3) is 0 Å². The van der Waals surface area contributed by atoms with Crippen molar-refractivity contribution in [3.63, 3.8) is 0 Å². The van der Waals surface area contributed by atoms with Gasteiger partial charge in [0.1, 0.15) is 11.9 Å². The van der Waals surface area contributed by atoms with Crippen molar-refractivity contribution in [3.8, 4) is 0 Å². The number of hydrogen-bond donors (Lipinski definition) is 1. The summed E-state index contributed by atoms with van der Waals surface area (Å²) in [6.07, 6.45) is 4.47. The van der Waals surface area contributed by atoms with E-state index in [4.69, 9.17) is 4.52 Å². The minimum absolute atomic E-state index is 0.0881. The minimum Gasteiger partial charge on any atom is -0.378 e. The summed E-state index contributed by atoms with van der Waals surface area (Å²) >= 11 is 3.21. The summed E-state index contributed by atoms with van der Waals surface area (Å²) in [7, 11) is 0. The second-order valence-electron chi connectivity index (χ2n) is 3.28. The van der Waals surface area contributed by atoms with E-state index >= 15 is 0 Å². The Morgan fingerprint density at radius 2 is 2.33 bits per heavy atom. The molecule has 0 atom stereocenters. The van der Waals surface area contributed by atoms with Crippen LogP contribution in [0.4, 0.5) is 11.4 Å². The van der Waals surface area contributed by atoms with Gasteiger partial charge in [-0.3, -0.25) is 15.1 Å². The molecule has 0 saturated carbocycles. The Hall–Kier alpha value is -2.03. The van der Waals surface area contributed by atoms with Gasteiger partial charge in [-0.05, 0) is 15.9 Å². The lowest BCUT2D eigenvalue weighted by Crippen LogP contribution is -2.08. The largest absolute Gasteiger partial charge is 0.378 e. The molecule has 0 spiro atoms. The number of hydrogen-bond acceptors (Lipinski definition) is 7. The maximum Gasteiger partial charge on any atom is 0.311 e. The van der Waals surface area contributed by atoms with E-state index < -0.39 is 4.92 Å². The fraction of sp³-hybridized carbons (Fsp3) is 0.222. The third kappa shape index (κ3) is 2.80. The van der Waals surface area contributed by atoms with Gasteiger partial charge in [0.15, 0.2) is 6.33 Å². The average Bonchev–Trinajstić information content (AvgIpc) is 2.84. The van der Waals surface area contributed by atoms with E-state index in [0.717, 1.165) is 0 Å². The molecular weight excluding hydrogens is 306 g/mol. The van der Waals surface area contributed by atoms with Crippen LogP contribution in [0.5, 0.6) is 0 Å². The number of nitrogens with one attached hydrogen (secondary N) is 1. The van der Waals surface area contributed by atoms with Crippen molar-refractivity contribution in [1.29, 1.82) is 0 Å². The zero-order valence-corrected chi connectivity index (χ0v) is 10.6. The maximum atomic E-state index is 10.8. The molecule has 8 nitrogen and oxygen atoms in total. The molecule has 2 rings (SSSR count). The van der Waals surface area contributed by atoms with Crippen molar-refractivity contribution in [2.75, 3.05) is 11.9 Å². The monoisotopic (exact) mass is 313 g/mol. The van der Waals surface area contributed by atoms with Crippen molar-refractivity contribution in [2.45, 2.75) is 6.42 Å². The fourth-order valence-electron chi connectivity index (χ4n) is 1.34. The van der Waals surface area contributed by atoms with Gasteiger partial charge < -0.3 is 9.84 Å². The molecule has 0 amide bonds. The van der Waals surface area contributed by atoms with Crippen LogP contribution in [0.15, 0.2) is 27.7 Å². The normalized spacial score (nSPS) is 10.3. The first-order valence-electron chi connectivity index (χ1n) is 4.96. The smallest absolute Gasteiger partial charge is 0.311 e. The van der Waals surface area contributed by atoms with Gasteiger partial charge in [-0.25, -0.2) is 0 Å². The van der Waals surface area contributed by atoms with Gasteiger partial charge in [-0.2, -0.15) is 4.98 Å². The first-order chi connectivity index (χ1) is 8.68. The number of nitro groups is 1. The summed E-state index contributed by atoms with van der Waals surface area (Å²) in [5, 5.41) is 17.2. The first-order valence-corrected chi connectivity index (χ1v) is 5.75. The molecule has 0 unspecified atom stereocenters. The van der Waals surface area contributed by atoms with E-state index in [1.54, 1.807) is 0 Å². The average molecular weight is 314 g/mol. The van der Waals surface area contributed by atoms with Crippen molar-refractivity contribution < 1.29 is 9.45 Å². The molecule has 0 radical (unpaired) electrons. The maximum absolute atomic E-state index is 10.8. The third-order valence-electron chi connectivity index (χ3n) is 2.12. The molecule has 9 heteroatoms. The van der Waals surface area contributed by atoms with Gasteiger partial charge in [0.2, 0.25) is 5.89 Å². The van der Waals surface area contributed by atoms with Crippen LogP contribution in [0.3, 0.4) is 0 Å². The molecule has 0 aromatic carbocycles. The molecule has 0 aliphatic heterocycles. The molecule has 0 saturated heterocycles. The van der Waals surface area contributed by atoms with Crippen molar-refractivity contribution in [2.24, 2.45) is 0 Å². The van der Waals surface area contributed by atoms with E-state index in [2.05, 4.69) is 36.4 Å². The lowest BCUT2D eigenvalue weighted by molar-refractivity contribution is -0.384. The predicted molar refractivity (Wildman–Crippen MR) is 65.1 cm³/mol. The lowest BCUT2D eigenvalue weighted by atomic mass is 10.3. The molecule has 0 fully saturated rings. The SMILES string of the molecule is O=[N+]([O-])c1cncc(Br)c1NCCc1ncno1. The zero-order chi connectivity index (χ0) is 13.0. The van der Waals surface area contributed by atoms with Gasteiger partial charge in [0, 0.05) is 19.2 Å². The number of anilines is 1. The molecule has 2 heterocycles. The van der Waals surface area contributed by atoms with Crippen molar-refractivity contribution in [3.05, 3.63) is 39.2 Å². The number of rotatable bonds is 5. The standard InChI is InChI=1S/C9H8BrN5O3/c10-6-3-11-4-7(15(16)17)9(6)12-2-1-8-13-5-14-18-8/h3-5H,1-2H2,(H,11,12). The van der Waals surface area contributed by atoms with Gasteiger partial charge >= 0.3 is 5.69 Å². The Bertz CT molecular complexity index is 545. The van der Waals surface area contributed by atoms with Gasteiger partial charge in [0.05, 0.1) is 9.40 Å². The van der Waals surface area contributed by atoms with Crippen molar-refractivity contribution >= 4 is 27.3 Å². The highest BCUT2D eigenvalue weighted by molar-refractivity contribution is 9.10. The molecular formula is C9H8BrN5O3. The third-order valence-corrected chi connectivity index (χ3v) is 2.73. The molecule has 2 aromatic rings. The molecule has 0 aliphatic carbocycles. The Kier molecular flexibility index (Phi) is 3.82. The number of pyridine rings is 1. The second-order valence-corrected chi connectivity index (χ2v) is 4.14. The Morgan fingerprint density at radius 3 is 3.00 bits per heavy atom. The van der Waals surface area contributed by atoms with Crippen LogP contribution in [0, 0.1) is 10.1 Å². The summed E-state index contributed by atoms with van der Waals surface area (Å²) < 4.78 is 5.35. The zero-order valence-electron chi connectivity index (χ0n) is 9.04. The van der Waals surface area contributed by atoms with Gasteiger partial charge in [-0.1, -0.05) is 5.16 Å². The van der Waals surface area contributed by atoms with Gasteiger partial charge in [-0.15, -0.1) is 0 Å². The van der Waals surface area contributed by atoms with E-state index in [0.29, 0.717) is 29.0 Å². The Balaban J connectivity index is 2.06. The summed E-state index contributed by atoms with van der Waals surface area (Å²) in [5.74, 6) is 0.468. The molecule has 18 heavy (non-hydrogen) atoms. The Morgan fingerprint density at radius 1 is 1.50 bits per heavy atom. The lowest BCUT2D eigenvalue weighted by Gasteiger charge is -2.06. The number of nitrogens with zero attached hydrogens (tertiary/aromatic N) is 4. The summed E-state index contributed by atoms with van der Waals surface area (Å²) in [6, 6.07) is 0. The van der Waals surface area contributed by atoms with E-state index in [1.807, 2.05) is 0 Å². The van der Waals surface area contributed by atoms with Crippen LogP contribution in [0.1, 0.15) is 5.89 Å². The second kappa shape index (κ2) is 5.54. The molecule has 0 bridgehead atoms. The molecule has 94 valence electrons. The van der Waals surface area contributed by atoms with E-state index in [1.165, 1.54) is 18.7 Å². The first kappa shape index (κ1) is 12.4. The summed E-state index contributed by atoms with van der Waals surface area (Å²) in [4.78, 5) is 17.9. The molecule has 2 aromatic heterocycles. The van der Waals surface area contributed by atoms with Crippen molar-refractivity contribution in [1.82, 2.24) is 15.1 Å². The number of aromatic nitrogens is 3. The minimum atomic E-state index is -0.493. The van der Waals surface area contributed by atoms with Crippen LogP contribution in [0.25, 0.3) is 0 Å². The number of halogens is 1. The quantitative estimate of drug-likeness (QED) is 0.662.